The minimum absolute atomic E-state index is 0.0881. The van der Waals surface area contributed by atoms with E-state index >= 15 is 0 Å². The van der Waals surface area contributed by atoms with Gasteiger partial charge in [0.2, 0.25) is 0 Å². The zero-order valence-corrected chi connectivity index (χ0v) is 11.3. The van der Waals surface area contributed by atoms with E-state index in [9.17, 15) is 24.2 Å². The van der Waals surface area contributed by atoms with Crippen LogP contribution in [0.4, 0.5) is 4.39 Å². The van der Waals surface area contributed by atoms with Crippen molar-refractivity contribution in [3.05, 3.63) is 35.1 Å². The second-order valence-electron chi connectivity index (χ2n) is 5.52. The van der Waals surface area contributed by atoms with Crippen molar-refractivity contribution >= 4 is 11.9 Å². The second-order valence-corrected chi connectivity index (χ2v) is 5.52. The van der Waals surface area contributed by atoms with Crippen molar-refractivity contribution in [2.24, 2.45) is 0 Å². The predicted molar refractivity (Wildman–Crippen MR) is 67.7 cm³/mol. The van der Waals surface area contributed by atoms with Gasteiger partial charge in [0.1, 0.15) is 5.82 Å². The molecule has 1 aromatic carbocycles. The van der Waals surface area contributed by atoms with Crippen LogP contribution >= 0.6 is 0 Å². The van der Waals surface area contributed by atoms with E-state index in [2.05, 4.69) is 0 Å². The quantitative estimate of drug-likeness (QED) is 0.880. The van der Waals surface area contributed by atoms with Gasteiger partial charge < -0.3 is 10.2 Å². The molecule has 0 heterocycles. The monoisotopic (exact) mass is 268 g/mol. The van der Waals surface area contributed by atoms with Gasteiger partial charge >= 0.3 is 11.9 Å². The highest BCUT2D eigenvalue weighted by atomic mass is 19.1. The first kappa shape index (κ1) is 15.1. The van der Waals surface area contributed by atoms with Crippen molar-refractivity contribution < 1.29 is 24.2 Å². The fraction of sp³-hybridized carbons (Fsp3) is 0.429. The number of carbonyl (C=O) groups is 2. The van der Waals surface area contributed by atoms with Gasteiger partial charge in [-0.25, -0.2) is 4.39 Å². The van der Waals surface area contributed by atoms with Crippen molar-refractivity contribution in [2.75, 3.05) is 0 Å². The standard InChI is InChI=1S/C14H17FO4/c1-13(2,11(16)17)8-6-5-7-9(15)10(8)14(3,4)12(18)19/h5-7H,1-4H3,(H,16,17)(H,18,19). The van der Waals surface area contributed by atoms with Gasteiger partial charge in [-0.1, -0.05) is 12.1 Å². The zero-order chi connectivity index (χ0) is 15.0. The van der Waals surface area contributed by atoms with E-state index in [0.717, 1.165) is 6.07 Å². The maximum atomic E-state index is 14.0. The molecule has 0 amide bonds. The van der Waals surface area contributed by atoms with Gasteiger partial charge in [-0.15, -0.1) is 0 Å². The molecule has 0 fully saturated rings. The Kier molecular flexibility index (Phi) is 3.70. The molecule has 0 aliphatic carbocycles. The number of hydrogen-bond donors (Lipinski definition) is 2. The van der Waals surface area contributed by atoms with Crippen molar-refractivity contribution in [1.29, 1.82) is 0 Å². The number of halogens is 1. The van der Waals surface area contributed by atoms with Gasteiger partial charge in [0.15, 0.2) is 0 Å². The van der Waals surface area contributed by atoms with Crippen molar-refractivity contribution in [3.63, 3.8) is 0 Å². The average Bonchev–Trinajstić information content (AvgIpc) is 2.27. The molecule has 0 bridgehead atoms. The van der Waals surface area contributed by atoms with Gasteiger partial charge in [0.25, 0.3) is 0 Å². The Hall–Kier alpha value is -1.91. The highest BCUT2D eigenvalue weighted by molar-refractivity contribution is 5.85. The molecule has 0 aliphatic heterocycles. The minimum Gasteiger partial charge on any atom is -0.481 e. The molecule has 0 radical (unpaired) electrons. The fourth-order valence-electron chi connectivity index (χ4n) is 1.90. The van der Waals surface area contributed by atoms with Crippen LogP contribution in [0.3, 0.4) is 0 Å². The molecule has 0 aromatic heterocycles. The van der Waals surface area contributed by atoms with Crippen LogP contribution in [-0.2, 0) is 20.4 Å². The van der Waals surface area contributed by atoms with Crippen LogP contribution < -0.4 is 0 Å². The van der Waals surface area contributed by atoms with Crippen LogP contribution in [-0.4, -0.2) is 22.2 Å². The highest BCUT2D eigenvalue weighted by Gasteiger charge is 2.40. The number of aliphatic carboxylic acids is 2. The van der Waals surface area contributed by atoms with E-state index < -0.39 is 28.6 Å². The van der Waals surface area contributed by atoms with Gasteiger partial charge in [0.05, 0.1) is 10.8 Å². The first-order chi connectivity index (χ1) is 8.52. The normalized spacial score (nSPS) is 12.3. The summed E-state index contributed by atoms with van der Waals surface area (Å²) in [6.45, 7) is 5.56. The van der Waals surface area contributed by atoms with E-state index in [0.29, 0.717) is 0 Å². The largest absolute Gasteiger partial charge is 0.481 e. The summed E-state index contributed by atoms with van der Waals surface area (Å²) in [5.41, 5.74) is -2.79. The highest BCUT2D eigenvalue weighted by Crippen LogP contribution is 2.36. The third kappa shape index (κ3) is 2.45. The number of carboxylic acid groups (broad SMARTS) is 2. The Morgan fingerprint density at radius 2 is 1.47 bits per heavy atom. The molecule has 0 spiro atoms. The summed E-state index contributed by atoms with van der Waals surface area (Å²) in [7, 11) is 0. The molecule has 0 aliphatic rings. The maximum absolute atomic E-state index is 14.0. The van der Waals surface area contributed by atoms with Gasteiger partial charge in [-0.05, 0) is 39.3 Å². The van der Waals surface area contributed by atoms with Crippen LogP contribution in [0, 0.1) is 5.82 Å². The van der Waals surface area contributed by atoms with Gasteiger partial charge in [0, 0.05) is 5.56 Å². The summed E-state index contributed by atoms with van der Waals surface area (Å²) in [6.07, 6.45) is 0. The van der Waals surface area contributed by atoms with Gasteiger partial charge in [-0.3, -0.25) is 9.59 Å². The number of rotatable bonds is 4. The van der Waals surface area contributed by atoms with Crippen LogP contribution in [0.25, 0.3) is 0 Å². The molecule has 0 atom stereocenters. The van der Waals surface area contributed by atoms with Crippen molar-refractivity contribution in [2.45, 2.75) is 38.5 Å². The molecule has 0 saturated carbocycles. The molecule has 5 heteroatoms. The van der Waals surface area contributed by atoms with Gasteiger partial charge in [-0.2, -0.15) is 0 Å². The van der Waals surface area contributed by atoms with E-state index in [1.54, 1.807) is 0 Å². The third-order valence-corrected chi connectivity index (χ3v) is 3.38. The lowest BCUT2D eigenvalue weighted by Crippen LogP contribution is -2.37. The van der Waals surface area contributed by atoms with E-state index in [1.807, 2.05) is 0 Å². The molecule has 104 valence electrons. The number of carboxylic acids is 2. The molecular formula is C14H17FO4. The van der Waals surface area contributed by atoms with E-state index in [4.69, 9.17) is 0 Å². The molecule has 0 unspecified atom stereocenters. The SMILES string of the molecule is CC(C)(C(=O)O)c1cccc(F)c1C(C)(C)C(=O)O. The summed E-state index contributed by atoms with van der Waals surface area (Å²) < 4.78 is 14.0. The minimum atomic E-state index is -1.51. The van der Waals surface area contributed by atoms with Crippen LogP contribution in [0.2, 0.25) is 0 Å². The fourth-order valence-corrected chi connectivity index (χ4v) is 1.90. The molecule has 0 saturated heterocycles. The van der Waals surface area contributed by atoms with E-state index in [-0.39, 0.29) is 11.1 Å². The zero-order valence-electron chi connectivity index (χ0n) is 11.3. The number of hydrogen-bond acceptors (Lipinski definition) is 2. The van der Waals surface area contributed by atoms with Crippen LogP contribution in [0.15, 0.2) is 18.2 Å². The molecule has 19 heavy (non-hydrogen) atoms. The molecular weight excluding hydrogens is 251 g/mol. The summed E-state index contributed by atoms with van der Waals surface area (Å²) in [5, 5.41) is 18.5. The Balaban J connectivity index is 3.66. The average molecular weight is 268 g/mol. The topological polar surface area (TPSA) is 74.6 Å². The summed E-state index contributed by atoms with van der Waals surface area (Å²) >= 11 is 0. The Morgan fingerprint density at radius 3 is 1.89 bits per heavy atom. The number of benzene rings is 1. The van der Waals surface area contributed by atoms with Crippen LogP contribution in [0.1, 0.15) is 38.8 Å². The summed E-state index contributed by atoms with van der Waals surface area (Å²) in [4.78, 5) is 22.6. The summed E-state index contributed by atoms with van der Waals surface area (Å²) in [6, 6.07) is 3.98. The van der Waals surface area contributed by atoms with E-state index in [1.165, 1.54) is 39.8 Å². The molecule has 1 aromatic rings. The smallest absolute Gasteiger partial charge is 0.313 e. The lowest BCUT2D eigenvalue weighted by Gasteiger charge is -2.29. The first-order valence-electron chi connectivity index (χ1n) is 5.79. The molecule has 1 rings (SSSR count). The van der Waals surface area contributed by atoms with Crippen molar-refractivity contribution in [3.8, 4) is 0 Å². The maximum Gasteiger partial charge on any atom is 0.313 e. The lowest BCUT2D eigenvalue weighted by atomic mass is 9.73. The predicted octanol–water partition coefficient (Wildman–Crippen LogP) is 2.55. The first-order valence-corrected chi connectivity index (χ1v) is 5.79. The second kappa shape index (κ2) is 4.64. The molecule has 4 nitrogen and oxygen atoms in total. The summed E-state index contributed by atoms with van der Waals surface area (Å²) in [5.74, 6) is -3.06. The molecule has 2 N–H and O–H groups in total. The van der Waals surface area contributed by atoms with Crippen LogP contribution in [0.5, 0.6) is 0 Å². The third-order valence-electron chi connectivity index (χ3n) is 3.38. The Bertz CT molecular complexity index is 532. The van der Waals surface area contributed by atoms with Crippen molar-refractivity contribution in [1.82, 2.24) is 0 Å². The lowest BCUT2D eigenvalue weighted by molar-refractivity contribution is -0.144. The Morgan fingerprint density at radius 1 is 1.00 bits per heavy atom. The Labute approximate surface area is 110 Å².